The van der Waals surface area contributed by atoms with Crippen LogP contribution in [0.25, 0.3) is 0 Å². The number of hydrogen-bond donors (Lipinski definition) is 1. The molecule has 2 fully saturated rings. The Labute approximate surface area is 135 Å². The maximum atomic E-state index is 12.8. The van der Waals surface area contributed by atoms with E-state index in [1.54, 1.807) is 23.1 Å². The van der Waals surface area contributed by atoms with Gasteiger partial charge in [0, 0.05) is 13.1 Å². The predicted octanol–water partition coefficient (Wildman–Crippen LogP) is 1.89. The second-order valence-electron chi connectivity index (χ2n) is 6.20. The van der Waals surface area contributed by atoms with Gasteiger partial charge in [0.15, 0.2) is 11.5 Å². The summed E-state index contributed by atoms with van der Waals surface area (Å²) in [5.74, 6) is -0.0880. The molecule has 1 aromatic rings. The molecule has 1 saturated heterocycles. The van der Waals surface area contributed by atoms with Crippen molar-refractivity contribution in [1.82, 2.24) is 4.90 Å². The molecule has 0 aromatic heterocycles. The lowest BCUT2D eigenvalue weighted by atomic mass is 9.92. The first-order chi connectivity index (χ1) is 11.1. The number of amides is 1. The number of nitrogens with zero attached hydrogens (tertiary/aromatic N) is 1. The fourth-order valence-electron chi connectivity index (χ4n) is 3.48. The van der Waals surface area contributed by atoms with Gasteiger partial charge in [0.05, 0.1) is 25.7 Å². The van der Waals surface area contributed by atoms with Gasteiger partial charge in [-0.15, -0.1) is 0 Å². The molecule has 0 radical (unpaired) electrons. The molecule has 23 heavy (non-hydrogen) atoms. The highest BCUT2D eigenvalue weighted by atomic mass is 16.5. The van der Waals surface area contributed by atoms with Gasteiger partial charge in [0.2, 0.25) is 0 Å². The van der Waals surface area contributed by atoms with Crippen LogP contribution in [0, 0.1) is 17.8 Å². The van der Waals surface area contributed by atoms with E-state index in [0.29, 0.717) is 29.5 Å². The first-order valence-electron chi connectivity index (χ1n) is 7.80. The van der Waals surface area contributed by atoms with Crippen LogP contribution in [-0.2, 0) is 4.79 Å². The first-order valence-corrected chi connectivity index (χ1v) is 7.80. The second-order valence-corrected chi connectivity index (χ2v) is 6.20. The van der Waals surface area contributed by atoms with Crippen molar-refractivity contribution in [2.45, 2.75) is 12.8 Å². The quantitative estimate of drug-likeness (QED) is 0.897. The highest BCUT2D eigenvalue weighted by molar-refractivity contribution is 5.98. The topological polar surface area (TPSA) is 76.1 Å². The maximum Gasteiger partial charge on any atom is 0.308 e. The molecule has 0 spiro atoms. The van der Waals surface area contributed by atoms with E-state index in [4.69, 9.17) is 9.47 Å². The molecule has 1 saturated carbocycles. The third-order valence-electron chi connectivity index (χ3n) is 4.83. The number of carbonyl (C=O) groups is 2. The summed E-state index contributed by atoms with van der Waals surface area (Å²) >= 11 is 0. The Hall–Kier alpha value is -2.24. The van der Waals surface area contributed by atoms with Crippen LogP contribution >= 0.6 is 0 Å². The molecule has 1 amide bonds. The number of carboxylic acids is 1. The molecular formula is C17H21NO5. The van der Waals surface area contributed by atoms with E-state index in [2.05, 4.69) is 0 Å². The summed E-state index contributed by atoms with van der Waals surface area (Å²) in [6.45, 7) is 0.760. The standard InChI is InChI=1S/C17H21NO5/c1-22-14-5-3-4-11(15(14)23-2)16(19)18-8-12(10-6-7-10)13(9-18)17(20)21/h3-5,10,12-13H,6-9H2,1-2H3,(H,20,21)/t12-,13+/m1/s1. The van der Waals surface area contributed by atoms with E-state index in [9.17, 15) is 14.7 Å². The zero-order valence-corrected chi connectivity index (χ0v) is 13.3. The number of ether oxygens (including phenoxy) is 2. The van der Waals surface area contributed by atoms with Crippen LogP contribution in [0.5, 0.6) is 11.5 Å². The molecule has 6 nitrogen and oxygen atoms in total. The van der Waals surface area contributed by atoms with Gasteiger partial charge in [-0.2, -0.15) is 0 Å². The molecule has 6 heteroatoms. The number of carboxylic acid groups (broad SMARTS) is 1. The Morgan fingerprint density at radius 2 is 1.91 bits per heavy atom. The molecule has 124 valence electrons. The molecule has 1 aliphatic carbocycles. The third-order valence-corrected chi connectivity index (χ3v) is 4.83. The molecule has 3 rings (SSSR count). The number of likely N-dealkylation sites (tertiary alicyclic amines) is 1. The zero-order chi connectivity index (χ0) is 16.6. The average molecular weight is 319 g/mol. The lowest BCUT2D eigenvalue weighted by Crippen LogP contribution is -2.30. The molecule has 1 N–H and O–H groups in total. The lowest BCUT2D eigenvalue weighted by molar-refractivity contribution is -0.142. The summed E-state index contributed by atoms with van der Waals surface area (Å²) in [7, 11) is 3.01. The lowest BCUT2D eigenvalue weighted by Gasteiger charge is -2.19. The van der Waals surface area contributed by atoms with E-state index in [-0.39, 0.29) is 18.4 Å². The summed E-state index contributed by atoms with van der Waals surface area (Å²) < 4.78 is 10.5. The van der Waals surface area contributed by atoms with Gasteiger partial charge >= 0.3 is 5.97 Å². The summed E-state index contributed by atoms with van der Waals surface area (Å²) in [6, 6.07) is 5.15. The van der Waals surface area contributed by atoms with Crippen molar-refractivity contribution in [3.63, 3.8) is 0 Å². The Bertz CT molecular complexity index is 625. The van der Waals surface area contributed by atoms with Crippen LogP contribution in [-0.4, -0.2) is 49.2 Å². The molecule has 1 heterocycles. The van der Waals surface area contributed by atoms with Crippen LogP contribution in [0.2, 0.25) is 0 Å². The minimum Gasteiger partial charge on any atom is -0.493 e. The van der Waals surface area contributed by atoms with Gasteiger partial charge in [-0.3, -0.25) is 9.59 Å². The molecule has 0 bridgehead atoms. The largest absolute Gasteiger partial charge is 0.493 e. The van der Waals surface area contributed by atoms with Crippen molar-refractivity contribution in [1.29, 1.82) is 0 Å². The van der Waals surface area contributed by atoms with E-state index in [0.717, 1.165) is 12.8 Å². The Morgan fingerprint density at radius 1 is 1.17 bits per heavy atom. The number of para-hydroxylation sites is 1. The molecular weight excluding hydrogens is 298 g/mol. The number of methoxy groups -OCH3 is 2. The van der Waals surface area contributed by atoms with Gasteiger partial charge in [0.25, 0.3) is 5.91 Å². The van der Waals surface area contributed by atoms with Crippen LogP contribution in [0.1, 0.15) is 23.2 Å². The van der Waals surface area contributed by atoms with Gasteiger partial charge in [-0.25, -0.2) is 0 Å². The van der Waals surface area contributed by atoms with Crippen molar-refractivity contribution in [2.24, 2.45) is 17.8 Å². The summed E-state index contributed by atoms with van der Waals surface area (Å²) in [6.07, 6.45) is 2.14. The molecule has 2 atom stereocenters. The molecule has 1 aromatic carbocycles. The van der Waals surface area contributed by atoms with Crippen molar-refractivity contribution in [3.05, 3.63) is 23.8 Å². The Kier molecular flexibility index (Phi) is 4.15. The van der Waals surface area contributed by atoms with E-state index in [1.807, 2.05) is 0 Å². The SMILES string of the molecule is COc1cccc(C(=O)N2C[C@H](C(=O)O)[C@@H](C3CC3)C2)c1OC. The smallest absolute Gasteiger partial charge is 0.308 e. The third kappa shape index (κ3) is 2.85. The Morgan fingerprint density at radius 3 is 2.48 bits per heavy atom. The summed E-state index contributed by atoms with van der Waals surface area (Å²) in [5, 5.41) is 9.43. The van der Waals surface area contributed by atoms with Crippen LogP contribution in [0.3, 0.4) is 0 Å². The van der Waals surface area contributed by atoms with Crippen LogP contribution < -0.4 is 9.47 Å². The number of benzene rings is 1. The van der Waals surface area contributed by atoms with Crippen molar-refractivity contribution >= 4 is 11.9 Å². The van der Waals surface area contributed by atoms with Gasteiger partial charge < -0.3 is 19.5 Å². The number of aliphatic carboxylic acids is 1. The number of rotatable bonds is 5. The number of hydrogen-bond acceptors (Lipinski definition) is 4. The highest BCUT2D eigenvalue weighted by Gasteiger charge is 2.47. The fraction of sp³-hybridized carbons (Fsp3) is 0.529. The normalized spacial score (nSPS) is 23.7. The summed E-state index contributed by atoms with van der Waals surface area (Å²) in [5.41, 5.74) is 0.410. The Balaban J connectivity index is 1.85. The monoisotopic (exact) mass is 319 g/mol. The summed E-state index contributed by atoms with van der Waals surface area (Å²) in [4.78, 5) is 26.0. The van der Waals surface area contributed by atoms with Crippen LogP contribution in [0.4, 0.5) is 0 Å². The van der Waals surface area contributed by atoms with Crippen molar-refractivity contribution < 1.29 is 24.2 Å². The fourth-order valence-corrected chi connectivity index (χ4v) is 3.48. The van der Waals surface area contributed by atoms with Gasteiger partial charge in [0.1, 0.15) is 0 Å². The van der Waals surface area contributed by atoms with Crippen molar-refractivity contribution in [3.8, 4) is 11.5 Å². The van der Waals surface area contributed by atoms with E-state index >= 15 is 0 Å². The van der Waals surface area contributed by atoms with Crippen LogP contribution in [0.15, 0.2) is 18.2 Å². The van der Waals surface area contributed by atoms with Crippen molar-refractivity contribution in [2.75, 3.05) is 27.3 Å². The van der Waals surface area contributed by atoms with E-state index in [1.165, 1.54) is 14.2 Å². The number of carbonyl (C=O) groups excluding carboxylic acids is 1. The molecule has 0 unspecified atom stereocenters. The van der Waals surface area contributed by atoms with Gasteiger partial charge in [-0.05, 0) is 36.8 Å². The first kappa shape index (κ1) is 15.6. The minimum absolute atomic E-state index is 0.0630. The predicted molar refractivity (Wildman–Crippen MR) is 82.8 cm³/mol. The maximum absolute atomic E-state index is 12.8. The van der Waals surface area contributed by atoms with Gasteiger partial charge in [-0.1, -0.05) is 6.07 Å². The highest BCUT2D eigenvalue weighted by Crippen LogP contribution is 2.44. The molecule has 2 aliphatic rings. The minimum atomic E-state index is -0.810. The van der Waals surface area contributed by atoms with E-state index < -0.39 is 11.9 Å². The second kappa shape index (κ2) is 6.10. The molecule has 1 aliphatic heterocycles. The average Bonchev–Trinajstić information content (AvgIpc) is 3.31. The zero-order valence-electron chi connectivity index (χ0n) is 13.3.